The molecule has 2 amide bonds. The normalized spacial score (nSPS) is 12.5. The molecule has 7 aromatic heterocycles. The molecular formula is C66H65N21O8S3. The van der Waals surface area contributed by atoms with Crippen molar-refractivity contribution < 1.29 is 34.8 Å². The van der Waals surface area contributed by atoms with E-state index in [2.05, 4.69) is 91.9 Å². The van der Waals surface area contributed by atoms with Crippen molar-refractivity contribution in [1.82, 2.24) is 60.0 Å². The van der Waals surface area contributed by atoms with Crippen molar-refractivity contribution >= 4 is 166 Å². The molecule has 13 aromatic rings. The largest absolute Gasteiger partial charge is 0.368 e. The fourth-order valence-corrected chi connectivity index (χ4v) is 12.3. The number of hydrogen-bond acceptors (Lipinski definition) is 22. The van der Waals surface area contributed by atoms with Crippen molar-refractivity contribution in [1.29, 1.82) is 0 Å². The lowest BCUT2D eigenvalue weighted by Gasteiger charge is -2.35. The third kappa shape index (κ3) is 15.9. The molecule has 0 saturated carbocycles. The van der Waals surface area contributed by atoms with Crippen molar-refractivity contribution in [2.75, 3.05) is 87.4 Å². The number of primary sulfonamides is 1. The smallest absolute Gasteiger partial charge is 0.238 e. The first-order chi connectivity index (χ1) is 46.9. The molecule has 0 aliphatic carbocycles. The number of rotatable bonds is 17. The van der Waals surface area contributed by atoms with Crippen LogP contribution in [0.5, 0.6) is 0 Å². The fraction of sp³-hybridized carbons (Fsp3) is 0.136. The van der Waals surface area contributed by atoms with Gasteiger partial charge in [0.15, 0.2) is 19.7 Å². The quantitative estimate of drug-likeness (QED) is 0.0403. The maximum absolute atomic E-state index is 11.9. The molecule has 14 rings (SSSR count). The van der Waals surface area contributed by atoms with Crippen LogP contribution in [-0.4, -0.2) is 143 Å². The topological polar surface area (TPSA) is 398 Å². The lowest BCUT2D eigenvalue weighted by Crippen LogP contribution is -2.48. The van der Waals surface area contributed by atoms with Crippen LogP contribution in [0.15, 0.2) is 197 Å². The summed E-state index contributed by atoms with van der Waals surface area (Å²) in [6, 6.07) is 46.0. The number of carbonyl (C=O) groups excluding carboxylic acids is 2. The second-order valence-corrected chi connectivity index (χ2v) is 28.3. The van der Waals surface area contributed by atoms with Crippen LogP contribution >= 0.6 is 0 Å². The van der Waals surface area contributed by atoms with Crippen LogP contribution in [0.25, 0.3) is 44.0 Å². The van der Waals surface area contributed by atoms with Crippen molar-refractivity contribution in [3.8, 4) is 0 Å². The number of nitrogens with two attached hydrogens (primary N) is 1. The summed E-state index contributed by atoms with van der Waals surface area (Å²) in [4.78, 5) is 65.8. The van der Waals surface area contributed by atoms with Crippen molar-refractivity contribution in [2.45, 2.75) is 28.5 Å². The zero-order chi connectivity index (χ0) is 68.9. The highest BCUT2D eigenvalue weighted by Crippen LogP contribution is 2.32. The van der Waals surface area contributed by atoms with Crippen LogP contribution in [0.2, 0.25) is 0 Å². The van der Waals surface area contributed by atoms with Gasteiger partial charge in [0.05, 0.1) is 42.6 Å². The summed E-state index contributed by atoms with van der Waals surface area (Å²) in [5.74, 6) is 2.77. The van der Waals surface area contributed by atoms with Crippen LogP contribution in [0.3, 0.4) is 0 Å². The van der Waals surface area contributed by atoms with Crippen LogP contribution in [0.4, 0.5) is 80.8 Å². The molecule has 0 atom stereocenters. The Hall–Kier alpha value is -12.0. The molecule has 12 N–H and O–H groups in total. The molecule has 1 saturated heterocycles. The number of nitrogens with one attached hydrogen (secondary N) is 10. The van der Waals surface area contributed by atoms with E-state index in [4.69, 9.17) is 5.14 Å². The number of sulfonamides is 1. The van der Waals surface area contributed by atoms with E-state index in [1.54, 1.807) is 104 Å². The van der Waals surface area contributed by atoms with Gasteiger partial charge in [-0.05, 0) is 140 Å². The molecule has 6 aromatic carbocycles. The Morgan fingerprint density at radius 3 is 1.32 bits per heavy atom. The maximum Gasteiger partial charge on any atom is 0.238 e. The molecule has 0 bridgehead atoms. The zero-order valence-corrected chi connectivity index (χ0v) is 55.6. The molecule has 98 heavy (non-hydrogen) atoms. The summed E-state index contributed by atoms with van der Waals surface area (Å²) in [6.07, 6.45) is 9.40. The summed E-state index contributed by atoms with van der Waals surface area (Å²) in [5.41, 5.74) is 8.77. The maximum atomic E-state index is 11.9. The Bertz CT molecular complexity index is 5470. The van der Waals surface area contributed by atoms with Crippen LogP contribution in [0.1, 0.15) is 13.8 Å². The molecule has 500 valence electrons. The molecule has 0 spiro atoms. The summed E-state index contributed by atoms with van der Waals surface area (Å²) in [5, 5.41) is 34.7. The number of anilines is 14. The number of H-pyrrole nitrogens is 4. The summed E-state index contributed by atoms with van der Waals surface area (Å²) < 4.78 is 70.9. The summed E-state index contributed by atoms with van der Waals surface area (Å²) >= 11 is 0. The zero-order valence-electron chi connectivity index (χ0n) is 53.2. The number of carbonyl (C=O) groups is 2. The Morgan fingerprint density at radius 1 is 0.480 bits per heavy atom. The number of benzene rings is 6. The first-order valence-electron chi connectivity index (χ1n) is 30.2. The molecule has 1 fully saturated rings. The van der Waals surface area contributed by atoms with Crippen molar-refractivity contribution in [3.63, 3.8) is 0 Å². The molecule has 1 aliphatic rings. The third-order valence-corrected chi connectivity index (χ3v) is 18.7. The van der Waals surface area contributed by atoms with Crippen LogP contribution < -0.4 is 46.8 Å². The Kier molecular flexibility index (Phi) is 18.7. The fourth-order valence-electron chi connectivity index (χ4n) is 10.4. The highest BCUT2D eigenvalue weighted by Gasteiger charge is 2.21. The van der Waals surface area contributed by atoms with Gasteiger partial charge in [-0.1, -0.05) is 18.2 Å². The number of sulfone groups is 2. The van der Waals surface area contributed by atoms with Gasteiger partial charge in [-0.15, -0.1) is 0 Å². The van der Waals surface area contributed by atoms with Gasteiger partial charge in [0.2, 0.25) is 39.7 Å². The van der Waals surface area contributed by atoms with Gasteiger partial charge in [-0.2, -0.15) is 35.0 Å². The number of piperazine rings is 1. The highest BCUT2D eigenvalue weighted by molar-refractivity contribution is 7.91. The monoisotopic (exact) mass is 1380 g/mol. The molecule has 32 heteroatoms. The van der Waals surface area contributed by atoms with Crippen molar-refractivity contribution in [2.24, 2.45) is 5.14 Å². The second-order valence-electron chi connectivity index (χ2n) is 22.7. The van der Waals surface area contributed by atoms with E-state index in [1.807, 2.05) is 89.8 Å². The van der Waals surface area contributed by atoms with Gasteiger partial charge in [-0.25, -0.2) is 30.4 Å². The highest BCUT2D eigenvalue weighted by atomic mass is 32.2. The van der Waals surface area contributed by atoms with Gasteiger partial charge in [0.25, 0.3) is 0 Å². The minimum absolute atomic E-state index is 0.00742. The lowest BCUT2D eigenvalue weighted by atomic mass is 10.2. The van der Waals surface area contributed by atoms with Gasteiger partial charge in [0.1, 0.15) is 34.4 Å². The molecule has 1 aliphatic heterocycles. The van der Waals surface area contributed by atoms with Crippen molar-refractivity contribution in [3.05, 3.63) is 183 Å². The van der Waals surface area contributed by atoms with E-state index in [-0.39, 0.29) is 26.5 Å². The summed E-state index contributed by atoms with van der Waals surface area (Å²) in [6.45, 7) is 6.13. The van der Waals surface area contributed by atoms with Gasteiger partial charge < -0.3 is 61.6 Å². The Morgan fingerprint density at radius 2 is 0.888 bits per heavy atom. The van der Waals surface area contributed by atoms with E-state index in [0.717, 1.165) is 81.7 Å². The predicted molar refractivity (Wildman–Crippen MR) is 381 cm³/mol. The first-order valence-corrected chi connectivity index (χ1v) is 35.5. The van der Waals surface area contributed by atoms with E-state index in [1.165, 1.54) is 31.6 Å². The Balaban J connectivity index is 0.000000140. The van der Waals surface area contributed by atoms with Gasteiger partial charge in [-0.3, -0.25) is 14.7 Å². The minimum atomic E-state index is -3.83. The molecule has 8 heterocycles. The SMILES string of the molecule is CC(=O)N(C)c1ccc(Nc2nc(Nc3cccc(S(C)(=O)=O)c3)c3cc[nH]c3n2)cc1.CC(=O)N1CCN(c2ccc(Nc3nc(Nc4cccc(S(N)(=O)=O)c4)c4cc[nH]c4n3)cc2)CC1.CS(=O)(=O)c1cccc(Nc2nc(Nc3ccc4cn[nH]c4c3)nc3[nH]ccc23)c1. The van der Waals surface area contributed by atoms with E-state index < -0.39 is 29.7 Å². The number of aromatic amines is 4. The standard InChI is InChI=1S/C24H26N8O3S.C22H22N6O3S.C20H17N7O2S/c1-16(33)31-11-13-32(14-12-31)19-7-5-17(6-8-19)28-24-29-22-21(9-10-26-22)23(30-24)27-18-3-2-4-20(15-18)36(25,34)35;1-14(29)28(2)17-9-7-15(8-10-17)25-22-26-20-19(11-12-23-20)21(27-22)24-16-5-4-6-18(13-16)32(3,30)31;1-30(28,29)15-4-2-3-13(9-15)23-19-16-7-8-21-18(16)25-20(26-19)24-14-6-5-12-11-22-27-17(12)10-14/h2-10,15H,11-14H2,1H3,(H2,25,34,35)(H3,26,27,28,29,30);4-13H,1-3H3,(H3,23,24,25,26,27);2-11H,1H3,(H,22,27)(H3,21,23,24,25,26). The number of nitrogens with zero attached hydrogens (tertiary/aromatic N) is 10. The van der Waals surface area contributed by atoms with Gasteiger partial charge >= 0.3 is 0 Å². The molecule has 29 nitrogen and oxygen atoms in total. The average Bonchev–Trinajstić information content (AvgIpc) is 1.56. The van der Waals surface area contributed by atoms with Gasteiger partial charge in [0, 0.05) is 129 Å². The van der Waals surface area contributed by atoms with Crippen LogP contribution in [-0.2, 0) is 39.3 Å². The van der Waals surface area contributed by atoms with E-state index in [9.17, 15) is 34.8 Å². The molecule has 0 radical (unpaired) electrons. The minimum Gasteiger partial charge on any atom is -0.368 e. The number of hydrogen-bond donors (Lipinski definition) is 11. The van der Waals surface area contributed by atoms with Crippen LogP contribution in [0, 0.1) is 0 Å². The van der Waals surface area contributed by atoms with E-state index in [0.29, 0.717) is 69.3 Å². The molecular weight excluding hydrogens is 1310 g/mol. The predicted octanol–water partition coefficient (Wildman–Crippen LogP) is 10.3. The first kappa shape index (κ1) is 66.0. The third-order valence-electron chi connectivity index (χ3n) is 15.6. The number of amides is 2. The molecule has 0 unspecified atom stereocenters. The number of fused-ring (bicyclic) bond motifs is 4. The summed E-state index contributed by atoms with van der Waals surface area (Å²) in [7, 11) is -8.76. The number of aromatic nitrogens is 11. The Labute approximate surface area is 561 Å². The lowest BCUT2D eigenvalue weighted by molar-refractivity contribution is -0.129. The second kappa shape index (κ2) is 27.8. The van der Waals surface area contributed by atoms with E-state index >= 15 is 0 Å². The average molecular weight is 1380 g/mol.